The summed E-state index contributed by atoms with van der Waals surface area (Å²) in [6.07, 6.45) is 0. The summed E-state index contributed by atoms with van der Waals surface area (Å²) >= 11 is 7.26. The summed E-state index contributed by atoms with van der Waals surface area (Å²) in [5.41, 5.74) is 0.311. The molecule has 0 unspecified atom stereocenters. The van der Waals surface area contributed by atoms with Crippen molar-refractivity contribution >= 4 is 44.6 Å². The van der Waals surface area contributed by atoms with Crippen LogP contribution in [0.1, 0.15) is 18.7 Å². The lowest BCUT2D eigenvalue weighted by Crippen LogP contribution is -2.30. The SMILES string of the molecule is CCN(Cc1ccc(Cl)s1)S(=O)(=O)c1ccc(OC)c(NC(C)=O)c1. The molecule has 0 aliphatic heterocycles. The van der Waals surface area contributed by atoms with Gasteiger partial charge in [0.25, 0.3) is 0 Å². The van der Waals surface area contributed by atoms with Crippen LogP contribution in [0.4, 0.5) is 5.69 Å². The fourth-order valence-corrected chi connectivity index (χ4v) is 4.90. The summed E-state index contributed by atoms with van der Waals surface area (Å²) in [7, 11) is -2.28. The van der Waals surface area contributed by atoms with Crippen LogP contribution in [-0.2, 0) is 21.4 Å². The number of ether oxygens (including phenoxy) is 1. The molecule has 0 saturated heterocycles. The Kier molecular flexibility index (Phi) is 6.45. The van der Waals surface area contributed by atoms with Gasteiger partial charge in [0.15, 0.2) is 0 Å². The molecule has 2 rings (SSSR count). The Morgan fingerprint density at radius 1 is 1.32 bits per heavy atom. The molecule has 0 saturated carbocycles. The number of halogens is 1. The molecule has 2 aromatic rings. The lowest BCUT2D eigenvalue weighted by molar-refractivity contribution is -0.114. The number of hydrogen-bond donors (Lipinski definition) is 1. The summed E-state index contributed by atoms with van der Waals surface area (Å²) in [6, 6.07) is 7.93. The van der Waals surface area contributed by atoms with Crippen molar-refractivity contribution in [1.29, 1.82) is 0 Å². The minimum Gasteiger partial charge on any atom is -0.495 e. The maximum atomic E-state index is 13.0. The fraction of sp³-hybridized carbons (Fsp3) is 0.312. The van der Waals surface area contributed by atoms with Gasteiger partial charge in [-0.15, -0.1) is 11.3 Å². The summed E-state index contributed by atoms with van der Waals surface area (Å²) < 4.78 is 33.0. The second kappa shape index (κ2) is 8.18. The number of carbonyl (C=O) groups is 1. The topological polar surface area (TPSA) is 75.7 Å². The number of anilines is 1. The lowest BCUT2D eigenvalue weighted by atomic mass is 10.3. The number of nitrogens with zero attached hydrogens (tertiary/aromatic N) is 1. The van der Waals surface area contributed by atoms with Crippen molar-refractivity contribution in [2.24, 2.45) is 0 Å². The van der Waals surface area contributed by atoms with Gasteiger partial charge in [0.1, 0.15) is 5.75 Å². The lowest BCUT2D eigenvalue weighted by Gasteiger charge is -2.20. The van der Waals surface area contributed by atoms with Gasteiger partial charge in [0, 0.05) is 24.9 Å². The maximum absolute atomic E-state index is 13.0. The predicted molar refractivity (Wildman–Crippen MR) is 99.9 cm³/mol. The second-order valence-electron chi connectivity index (χ2n) is 5.18. The van der Waals surface area contributed by atoms with E-state index in [9.17, 15) is 13.2 Å². The van der Waals surface area contributed by atoms with E-state index < -0.39 is 10.0 Å². The summed E-state index contributed by atoms with van der Waals surface area (Å²) in [4.78, 5) is 12.3. The molecule has 1 amide bonds. The number of nitrogens with one attached hydrogen (secondary N) is 1. The third-order valence-corrected chi connectivity index (χ3v) is 6.57. The Morgan fingerprint density at radius 2 is 2.04 bits per heavy atom. The van der Waals surface area contributed by atoms with Crippen molar-refractivity contribution in [2.45, 2.75) is 25.3 Å². The monoisotopic (exact) mass is 402 g/mol. The van der Waals surface area contributed by atoms with Gasteiger partial charge in [0.2, 0.25) is 15.9 Å². The van der Waals surface area contributed by atoms with E-state index in [0.717, 1.165) is 4.88 Å². The molecule has 0 fully saturated rings. The quantitative estimate of drug-likeness (QED) is 0.768. The number of benzene rings is 1. The molecule has 0 aliphatic carbocycles. The number of amides is 1. The predicted octanol–water partition coefficient (Wildman–Crippen LogP) is 3.58. The zero-order valence-corrected chi connectivity index (χ0v) is 16.5. The van der Waals surface area contributed by atoms with Crippen molar-refractivity contribution in [3.8, 4) is 5.75 Å². The first-order chi connectivity index (χ1) is 11.8. The average molecular weight is 403 g/mol. The molecule has 1 aromatic carbocycles. The van der Waals surface area contributed by atoms with Crippen molar-refractivity contribution in [3.05, 3.63) is 39.5 Å². The van der Waals surface area contributed by atoms with Crippen LogP contribution >= 0.6 is 22.9 Å². The number of rotatable bonds is 7. The smallest absolute Gasteiger partial charge is 0.243 e. The van der Waals surface area contributed by atoms with Gasteiger partial charge in [-0.05, 0) is 30.3 Å². The Balaban J connectivity index is 2.37. The molecule has 1 heterocycles. The Morgan fingerprint density at radius 3 is 2.56 bits per heavy atom. The van der Waals surface area contributed by atoms with E-state index in [1.807, 2.05) is 6.07 Å². The van der Waals surface area contributed by atoms with Crippen molar-refractivity contribution in [2.75, 3.05) is 19.0 Å². The maximum Gasteiger partial charge on any atom is 0.243 e. The number of carbonyl (C=O) groups excluding carboxylic acids is 1. The molecule has 0 aliphatic rings. The van der Waals surface area contributed by atoms with Crippen LogP contribution in [0.15, 0.2) is 35.2 Å². The minimum absolute atomic E-state index is 0.0848. The van der Waals surface area contributed by atoms with Crippen LogP contribution in [0.3, 0.4) is 0 Å². The van der Waals surface area contributed by atoms with E-state index in [1.165, 1.54) is 47.9 Å². The molecule has 6 nitrogen and oxygen atoms in total. The zero-order valence-electron chi connectivity index (χ0n) is 14.1. The third kappa shape index (κ3) is 4.72. The molecule has 136 valence electrons. The van der Waals surface area contributed by atoms with Gasteiger partial charge < -0.3 is 10.1 Å². The van der Waals surface area contributed by atoms with E-state index in [1.54, 1.807) is 13.0 Å². The highest BCUT2D eigenvalue weighted by Gasteiger charge is 2.25. The summed E-state index contributed by atoms with van der Waals surface area (Å²) in [5, 5.41) is 2.58. The largest absolute Gasteiger partial charge is 0.495 e. The van der Waals surface area contributed by atoms with E-state index in [-0.39, 0.29) is 17.3 Å². The highest BCUT2D eigenvalue weighted by atomic mass is 35.5. The normalized spacial score (nSPS) is 11.6. The van der Waals surface area contributed by atoms with E-state index in [2.05, 4.69) is 5.32 Å². The summed E-state index contributed by atoms with van der Waals surface area (Å²) in [5.74, 6) is 0.0793. The number of methoxy groups -OCH3 is 1. The van der Waals surface area contributed by atoms with Crippen LogP contribution in [0.25, 0.3) is 0 Å². The first-order valence-electron chi connectivity index (χ1n) is 7.48. The fourth-order valence-electron chi connectivity index (χ4n) is 2.26. The molecule has 0 spiro atoms. The Labute approximate surface area is 156 Å². The van der Waals surface area contributed by atoms with Crippen molar-refractivity contribution in [3.63, 3.8) is 0 Å². The van der Waals surface area contributed by atoms with Crippen molar-refractivity contribution < 1.29 is 17.9 Å². The molecular weight excluding hydrogens is 384 g/mol. The van der Waals surface area contributed by atoms with Crippen LogP contribution in [0.2, 0.25) is 4.34 Å². The average Bonchev–Trinajstić information content (AvgIpc) is 2.97. The van der Waals surface area contributed by atoms with Gasteiger partial charge >= 0.3 is 0 Å². The second-order valence-corrected chi connectivity index (χ2v) is 8.92. The van der Waals surface area contributed by atoms with E-state index in [4.69, 9.17) is 16.3 Å². The number of sulfonamides is 1. The standard InChI is InChI=1S/C16H19ClN2O4S2/c1-4-19(10-12-5-8-16(17)24-12)25(21,22)13-6-7-15(23-3)14(9-13)18-11(2)20/h5-9H,4,10H2,1-3H3,(H,18,20). The molecule has 0 atom stereocenters. The van der Waals surface area contributed by atoms with Gasteiger partial charge in [-0.1, -0.05) is 18.5 Å². The first-order valence-corrected chi connectivity index (χ1v) is 10.1. The Hall–Kier alpha value is -1.61. The van der Waals surface area contributed by atoms with Crippen molar-refractivity contribution in [1.82, 2.24) is 4.31 Å². The molecular formula is C16H19ClN2O4S2. The van der Waals surface area contributed by atoms with Gasteiger partial charge in [-0.2, -0.15) is 4.31 Å². The van der Waals surface area contributed by atoms with Crippen LogP contribution < -0.4 is 10.1 Å². The first kappa shape index (κ1) is 19.7. The van der Waals surface area contributed by atoms with Crippen LogP contribution in [0, 0.1) is 0 Å². The molecule has 0 bridgehead atoms. The molecule has 0 radical (unpaired) electrons. The third-order valence-electron chi connectivity index (χ3n) is 3.43. The molecule has 1 N–H and O–H groups in total. The Bertz CT molecular complexity index is 865. The number of thiophene rings is 1. The molecule has 1 aromatic heterocycles. The van der Waals surface area contributed by atoms with Gasteiger partial charge in [-0.3, -0.25) is 4.79 Å². The number of hydrogen-bond acceptors (Lipinski definition) is 5. The van der Waals surface area contributed by atoms with E-state index in [0.29, 0.717) is 22.3 Å². The molecule has 9 heteroatoms. The van der Waals surface area contributed by atoms with Gasteiger partial charge in [0.05, 0.1) is 22.0 Å². The molecule has 25 heavy (non-hydrogen) atoms. The summed E-state index contributed by atoms with van der Waals surface area (Å²) in [6.45, 7) is 3.65. The highest BCUT2D eigenvalue weighted by molar-refractivity contribution is 7.89. The minimum atomic E-state index is -3.73. The van der Waals surface area contributed by atoms with E-state index >= 15 is 0 Å². The zero-order chi connectivity index (χ0) is 18.6. The highest BCUT2D eigenvalue weighted by Crippen LogP contribution is 2.30. The van der Waals surface area contributed by atoms with Gasteiger partial charge in [-0.25, -0.2) is 8.42 Å². The van der Waals surface area contributed by atoms with Crippen LogP contribution in [-0.4, -0.2) is 32.3 Å². The van der Waals surface area contributed by atoms with Crippen LogP contribution in [0.5, 0.6) is 5.75 Å².